The zero-order valence-corrected chi connectivity index (χ0v) is 11.3. The van der Waals surface area contributed by atoms with Crippen LogP contribution < -0.4 is 5.32 Å². The fourth-order valence-electron chi connectivity index (χ4n) is 2.22. The molecule has 1 aliphatic rings. The van der Waals surface area contributed by atoms with Gasteiger partial charge in [-0.05, 0) is 17.7 Å². The Hall–Kier alpha value is -2.08. The van der Waals surface area contributed by atoms with Crippen LogP contribution in [-0.4, -0.2) is 42.2 Å². The SMILES string of the molecule is COCc1cccc(NC(=O)N2CC(CC(=O)O)C2)c1. The average molecular weight is 278 g/mol. The minimum Gasteiger partial charge on any atom is -0.481 e. The summed E-state index contributed by atoms with van der Waals surface area (Å²) in [6.45, 7) is 1.49. The van der Waals surface area contributed by atoms with Gasteiger partial charge in [-0.25, -0.2) is 4.79 Å². The number of nitrogens with zero attached hydrogens (tertiary/aromatic N) is 1. The zero-order valence-electron chi connectivity index (χ0n) is 11.3. The fourth-order valence-corrected chi connectivity index (χ4v) is 2.22. The summed E-state index contributed by atoms with van der Waals surface area (Å²) >= 11 is 0. The first-order chi connectivity index (χ1) is 9.58. The summed E-state index contributed by atoms with van der Waals surface area (Å²) in [6, 6.07) is 7.25. The predicted octanol–water partition coefficient (Wildman–Crippen LogP) is 1.77. The molecule has 1 saturated heterocycles. The van der Waals surface area contributed by atoms with E-state index in [1.165, 1.54) is 0 Å². The van der Waals surface area contributed by atoms with Gasteiger partial charge in [-0.1, -0.05) is 12.1 Å². The van der Waals surface area contributed by atoms with Crippen molar-refractivity contribution >= 4 is 17.7 Å². The molecule has 0 aromatic heterocycles. The summed E-state index contributed by atoms with van der Waals surface area (Å²) in [5.41, 5.74) is 1.70. The number of urea groups is 1. The van der Waals surface area contributed by atoms with Crippen LogP contribution in [-0.2, 0) is 16.1 Å². The molecule has 1 aromatic carbocycles. The summed E-state index contributed by atoms with van der Waals surface area (Å²) in [4.78, 5) is 24.1. The quantitative estimate of drug-likeness (QED) is 0.860. The molecule has 0 bridgehead atoms. The molecule has 1 fully saturated rings. The van der Waals surface area contributed by atoms with Gasteiger partial charge in [0.15, 0.2) is 0 Å². The molecule has 6 nitrogen and oxygen atoms in total. The monoisotopic (exact) mass is 278 g/mol. The minimum atomic E-state index is -0.817. The second-order valence-electron chi connectivity index (χ2n) is 4.93. The highest BCUT2D eigenvalue weighted by atomic mass is 16.5. The molecule has 1 aromatic rings. The van der Waals surface area contributed by atoms with Crippen molar-refractivity contribution in [1.29, 1.82) is 0 Å². The van der Waals surface area contributed by atoms with E-state index in [1.807, 2.05) is 24.3 Å². The van der Waals surface area contributed by atoms with Crippen LogP contribution in [0.15, 0.2) is 24.3 Å². The van der Waals surface area contributed by atoms with Crippen LogP contribution in [0.3, 0.4) is 0 Å². The van der Waals surface area contributed by atoms with Gasteiger partial charge in [0.05, 0.1) is 13.0 Å². The molecule has 0 saturated carbocycles. The van der Waals surface area contributed by atoms with Crippen molar-refractivity contribution in [3.05, 3.63) is 29.8 Å². The van der Waals surface area contributed by atoms with Crippen molar-refractivity contribution in [2.45, 2.75) is 13.0 Å². The maximum atomic E-state index is 11.9. The summed E-state index contributed by atoms with van der Waals surface area (Å²) in [5, 5.41) is 11.5. The molecule has 0 radical (unpaired) electrons. The normalized spacial score (nSPS) is 14.8. The smallest absolute Gasteiger partial charge is 0.321 e. The fraction of sp³-hybridized carbons (Fsp3) is 0.429. The van der Waals surface area contributed by atoms with Crippen LogP contribution >= 0.6 is 0 Å². The second kappa shape index (κ2) is 6.38. The molecule has 0 unspecified atom stereocenters. The molecule has 0 aliphatic carbocycles. The predicted molar refractivity (Wildman–Crippen MR) is 73.5 cm³/mol. The standard InChI is InChI=1S/C14H18N2O4/c1-20-9-10-3-2-4-12(5-10)15-14(19)16-7-11(8-16)6-13(17)18/h2-5,11H,6-9H2,1H3,(H,15,19)(H,17,18). The van der Waals surface area contributed by atoms with Crippen LogP contribution in [0, 0.1) is 5.92 Å². The van der Waals surface area contributed by atoms with Crippen LogP contribution in [0.4, 0.5) is 10.5 Å². The number of carbonyl (C=O) groups is 2. The number of hydrogen-bond acceptors (Lipinski definition) is 3. The lowest BCUT2D eigenvalue weighted by molar-refractivity contribution is -0.139. The Morgan fingerprint density at radius 2 is 2.20 bits per heavy atom. The molecule has 20 heavy (non-hydrogen) atoms. The molecular formula is C14H18N2O4. The first-order valence-electron chi connectivity index (χ1n) is 6.44. The molecule has 0 spiro atoms. The van der Waals surface area contributed by atoms with Crippen LogP contribution in [0.25, 0.3) is 0 Å². The molecule has 108 valence electrons. The summed E-state index contributed by atoms with van der Waals surface area (Å²) < 4.78 is 5.04. The van der Waals surface area contributed by atoms with Gasteiger partial charge in [0.1, 0.15) is 0 Å². The number of carbonyl (C=O) groups excluding carboxylic acids is 1. The number of methoxy groups -OCH3 is 1. The lowest BCUT2D eigenvalue weighted by Crippen LogP contribution is -2.52. The number of rotatable bonds is 5. The largest absolute Gasteiger partial charge is 0.481 e. The van der Waals surface area contributed by atoms with Crippen LogP contribution in [0.2, 0.25) is 0 Å². The van der Waals surface area contributed by atoms with Gasteiger partial charge in [-0.3, -0.25) is 4.79 Å². The van der Waals surface area contributed by atoms with E-state index >= 15 is 0 Å². The Kier molecular flexibility index (Phi) is 4.57. The topological polar surface area (TPSA) is 78.9 Å². The lowest BCUT2D eigenvalue weighted by atomic mass is 9.97. The lowest BCUT2D eigenvalue weighted by Gasteiger charge is -2.38. The number of carboxylic acid groups (broad SMARTS) is 1. The number of benzene rings is 1. The molecule has 2 rings (SSSR count). The maximum absolute atomic E-state index is 11.9. The minimum absolute atomic E-state index is 0.0677. The Morgan fingerprint density at radius 1 is 1.45 bits per heavy atom. The third-order valence-electron chi connectivity index (χ3n) is 3.20. The van der Waals surface area contributed by atoms with Gasteiger partial charge in [-0.15, -0.1) is 0 Å². The Labute approximate surface area is 117 Å². The Balaban J connectivity index is 1.83. The van der Waals surface area contributed by atoms with Crippen molar-refractivity contribution < 1.29 is 19.4 Å². The number of aliphatic carboxylic acids is 1. The molecule has 2 N–H and O–H groups in total. The van der Waals surface area contributed by atoms with Crippen LogP contribution in [0.1, 0.15) is 12.0 Å². The van der Waals surface area contributed by atoms with Crippen LogP contribution in [0.5, 0.6) is 0 Å². The van der Waals surface area contributed by atoms with Crippen molar-refractivity contribution in [1.82, 2.24) is 4.90 Å². The van der Waals surface area contributed by atoms with Crippen molar-refractivity contribution in [2.75, 3.05) is 25.5 Å². The molecular weight excluding hydrogens is 260 g/mol. The molecule has 2 amide bonds. The highest BCUT2D eigenvalue weighted by Gasteiger charge is 2.31. The van der Waals surface area contributed by atoms with E-state index in [9.17, 15) is 9.59 Å². The molecule has 1 aliphatic heterocycles. The van der Waals surface area contributed by atoms with E-state index in [0.717, 1.165) is 5.56 Å². The second-order valence-corrected chi connectivity index (χ2v) is 4.93. The zero-order chi connectivity index (χ0) is 14.5. The molecule has 0 atom stereocenters. The number of anilines is 1. The van der Waals surface area contributed by atoms with E-state index in [0.29, 0.717) is 25.4 Å². The Bertz CT molecular complexity index is 498. The number of likely N-dealkylation sites (tertiary alicyclic amines) is 1. The summed E-state index contributed by atoms with van der Waals surface area (Å²) in [5.74, 6) is -0.750. The van der Waals surface area contributed by atoms with Gasteiger partial charge < -0.3 is 20.1 Å². The van der Waals surface area contributed by atoms with Crippen molar-refractivity contribution in [3.8, 4) is 0 Å². The van der Waals surface area contributed by atoms with Gasteiger partial charge in [-0.2, -0.15) is 0 Å². The van der Waals surface area contributed by atoms with E-state index in [2.05, 4.69) is 5.32 Å². The highest BCUT2D eigenvalue weighted by molar-refractivity contribution is 5.90. The Morgan fingerprint density at radius 3 is 2.85 bits per heavy atom. The summed E-state index contributed by atoms with van der Waals surface area (Å²) in [6.07, 6.45) is 0.118. The van der Waals surface area contributed by atoms with E-state index in [1.54, 1.807) is 12.0 Å². The number of amides is 2. The first kappa shape index (κ1) is 14.3. The number of ether oxygens (including phenoxy) is 1. The summed E-state index contributed by atoms with van der Waals surface area (Å²) in [7, 11) is 1.62. The third kappa shape index (κ3) is 3.71. The van der Waals surface area contributed by atoms with E-state index in [4.69, 9.17) is 9.84 Å². The molecule has 6 heteroatoms. The van der Waals surface area contributed by atoms with Crippen molar-refractivity contribution in [2.24, 2.45) is 5.92 Å². The van der Waals surface area contributed by atoms with Gasteiger partial charge in [0.25, 0.3) is 0 Å². The third-order valence-corrected chi connectivity index (χ3v) is 3.20. The maximum Gasteiger partial charge on any atom is 0.321 e. The van der Waals surface area contributed by atoms with Gasteiger partial charge in [0.2, 0.25) is 0 Å². The average Bonchev–Trinajstić information content (AvgIpc) is 2.33. The van der Waals surface area contributed by atoms with E-state index < -0.39 is 5.97 Å². The number of nitrogens with one attached hydrogen (secondary N) is 1. The van der Waals surface area contributed by atoms with Gasteiger partial charge in [0, 0.05) is 31.8 Å². The highest BCUT2D eigenvalue weighted by Crippen LogP contribution is 2.20. The number of carboxylic acids is 1. The van der Waals surface area contributed by atoms with E-state index in [-0.39, 0.29) is 18.4 Å². The number of hydrogen-bond donors (Lipinski definition) is 2. The first-order valence-corrected chi connectivity index (χ1v) is 6.44. The molecule has 1 heterocycles. The van der Waals surface area contributed by atoms with Gasteiger partial charge >= 0.3 is 12.0 Å². The van der Waals surface area contributed by atoms with Crippen molar-refractivity contribution in [3.63, 3.8) is 0 Å².